The summed E-state index contributed by atoms with van der Waals surface area (Å²) in [6, 6.07) is -0.866. The van der Waals surface area contributed by atoms with Crippen LogP contribution in [0.4, 0.5) is 8.78 Å². The normalized spacial score (nSPS) is 27.0. The third-order valence-electron chi connectivity index (χ3n) is 3.64. The van der Waals surface area contributed by atoms with Gasteiger partial charge in [0, 0.05) is 32.6 Å². The highest BCUT2D eigenvalue weighted by molar-refractivity contribution is 7.88. The number of hydrogen-bond donors (Lipinski definition) is 1. The van der Waals surface area contributed by atoms with Gasteiger partial charge in [-0.05, 0) is 6.42 Å². The largest absolute Gasteiger partial charge is 0.340 e. The highest BCUT2D eigenvalue weighted by atomic mass is 35.5. The average Bonchev–Trinajstić information content (AvgIpc) is 2.56. The zero-order chi connectivity index (χ0) is 15.0. The van der Waals surface area contributed by atoms with Crippen molar-refractivity contribution >= 4 is 28.3 Å². The van der Waals surface area contributed by atoms with Gasteiger partial charge in [0.2, 0.25) is 15.9 Å². The highest BCUT2D eigenvalue weighted by Gasteiger charge is 2.43. The molecule has 2 fully saturated rings. The van der Waals surface area contributed by atoms with Gasteiger partial charge in [0.15, 0.2) is 0 Å². The van der Waals surface area contributed by atoms with Gasteiger partial charge in [0.05, 0.1) is 18.8 Å². The maximum Gasteiger partial charge on any atom is 0.262 e. The minimum absolute atomic E-state index is 0. The van der Waals surface area contributed by atoms with Crippen molar-refractivity contribution in [1.29, 1.82) is 0 Å². The molecule has 2 aliphatic rings. The van der Waals surface area contributed by atoms with Crippen molar-refractivity contribution in [2.24, 2.45) is 0 Å². The summed E-state index contributed by atoms with van der Waals surface area (Å²) in [4.78, 5) is 13.6. The molecule has 2 rings (SSSR count). The van der Waals surface area contributed by atoms with E-state index < -0.39 is 35.0 Å². The van der Waals surface area contributed by atoms with Crippen molar-refractivity contribution in [2.75, 3.05) is 39.0 Å². The molecule has 1 unspecified atom stereocenters. The third-order valence-corrected chi connectivity index (χ3v) is 4.95. The lowest BCUT2D eigenvalue weighted by Gasteiger charge is -2.24. The third kappa shape index (κ3) is 4.73. The molecule has 1 atom stereocenters. The van der Waals surface area contributed by atoms with Gasteiger partial charge in [-0.1, -0.05) is 0 Å². The molecule has 0 spiro atoms. The molecule has 2 saturated heterocycles. The summed E-state index contributed by atoms with van der Waals surface area (Å²) in [7, 11) is -3.28. The quantitative estimate of drug-likeness (QED) is 0.757. The average molecular weight is 348 g/mol. The second-order valence-electron chi connectivity index (χ2n) is 5.33. The van der Waals surface area contributed by atoms with Crippen LogP contribution in [0.2, 0.25) is 0 Å². The van der Waals surface area contributed by atoms with E-state index in [1.807, 2.05) is 0 Å². The number of carbonyl (C=O) groups excluding carboxylic acids is 1. The van der Waals surface area contributed by atoms with Gasteiger partial charge in [-0.15, -0.1) is 12.4 Å². The number of nitrogens with zero attached hydrogens (tertiary/aromatic N) is 2. The Balaban J connectivity index is 0.00000220. The van der Waals surface area contributed by atoms with Crippen molar-refractivity contribution in [3.8, 4) is 0 Å². The van der Waals surface area contributed by atoms with Crippen LogP contribution < -0.4 is 5.32 Å². The Hall–Kier alpha value is -0.510. The van der Waals surface area contributed by atoms with Crippen LogP contribution >= 0.6 is 12.4 Å². The molecule has 0 radical (unpaired) electrons. The number of nitrogens with one attached hydrogen (secondary N) is 1. The number of amides is 1. The first-order valence-corrected chi connectivity index (χ1v) is 8.39. The van der Waals surface area contributed by atoms with E-state index in [-0.39, 0.29) is 31.4 Å². The van der Waals surface area contributed by atoms with E-state index in [0.29, 0.717) is 19.5 Å². The number of halogens is 3. The van der Waals surface area contributed by atoms with Gasteiger partial charge < -0.3 is 4.90 Å². The molecule has 1 amide bonds. The van der Waals surface area contributed by atoms with E-state index in [1.165, 1.54) is 9.21 Å². The van der Waals surface area contributed by atoms with Crippen molar-refractivity contribution < 1.29 is 22.0 Å². The fourth-order valence-corrected chi connectivity index (χ4v) is 3.43. The van der Waals surface area contributed by atoms with Crippen LogP contribution in [0.5, 0.6) is 0 Å². The molecule has 10 heteroatoms. The SMILES string of the molecule is CS(=O)(=O)N1CCCN(C(=O)C2CC(F)(F)CN2)CC1.Cl. The van der Waals surface area contributed by atoms with Crippen LogP contribution in [0.3, 0.4) is 0 Å². The second kappa shape index (κ2) is 6.72. The summed E-state index contributed by atoms with van der Waals surface area (Å²) in [6.07, 6.45) is 1.16. The number of alkyl halides is 2. The molecule has 2 aliphatic heterocycles. The molecule has 21 heavy (non-hydrogen) atoms. The van der Waals surface area contributed by atoms with Gasteiger partial charge in [-0.3, -0.25) is 10.1 Å². The lowest BCUT2D eigenvalue weighted by molar-refractivity contribution is -0.133. The lowest BCUT2D eigenvalue weighted by Crippen LogP contribution is -2.45. The Morgan fingerprint density at radius 3 is 2.43 bits per heavy atom. The van der Waals surface area contributed by atoms with Crippen molar-refractivity contribution in [3.05, 3.63) is 0 Å². The first-order valence-electron chi connectivity index (χ1n) is 6.54. The fourth-order valence-electron chi connectivity index (χ4n) is 2.56. The first-order chi connectivity index (χ1) is 9.19. The maximum atomic E-state index is 13.1. The van der Waals surface area contributed by atoms with E-state index in [2.05, 4.69) is 5.32 Å². The van der Waals surface area contributed by atoms with E-state index >= 15 is 0 Å². The number of hydrogen-bond acceptors (Lipinski definition) is 4. The molecule has 0 saturated carbocycles. The van der Waals surface area contributed by atoms with Crippen LogP contribution in [-0.2, 0) is 14.8 Å². The second-order valence-corrected chi connectivity index (χ2v) is 7.32. The summed E-state index contributed by atoms with van der Waals surface area (Å²) < 4.78 is 50.5. The number of rotatable bonds is 2. The van der Waals surface area contributed by atoms with Gasteiger partial charge in [-0.2, -0.15) is 0 Å². The van der Waals surface area contributed by atoms with E-state index in [1.54, 1.807) is 0 Å². The minimum Gasteiger partial charge on any atom is -0.340 e. The summed E-state index contributed by atoms with van der Waals surface area (Å²) in [5, 5.41) is 2.53. The molecule has 2 heterocycles. The van der Waals surface area contributed by atoms with E-state index in [0.717, 1.165) is 6.26 Å². The summed E-state index contributed by atoms with van der Waals surface area (Å²) >= 11 is 0. The molecule has 0 aliphatic carbocycles. The van der Waals surface area contributed by atoms with Gasteiger partial charge in [-0.25, -0.2) is 21.5 Å². The van der Waals surface area contributed by atoms with Crippen LogP contribution in [0.15, 0.2) is 0 Å². The zero-order valence-electron chi connectivity index (χ0n) is 11.7. The van der Waals surface area contributed by atoms with Crippen molar-refractivity contribution in [3.63, 3.8) is 0 Å². The first kappa shape index (κ1) is 18.5. The molecular formula is C11H20ClF2N3O3S. The Labute approximate surface area is 129 Å². The summed E-state index contributed by atoms with van der Waals surface area (Å²) in [5.74, 6) is -3.21. The molecule has 0 bridgehead atoms. The molecular weight excluding hydrogens is 328 g/mol. The van der Waals surface area contributed by atoms with Crippen LogP contribution in [0.25, 0.3) is 0 Å². The number of carbonyl (C=O) groups is 1. The lowest BCUT2D eigenvalue weighted by atomic mass is 10.1. The molecule has 0 aromatic rings. The van der Waals surface area contributed by atoms with Crippen molar-refractivity contribution in [2.45, 2.75) is 24.8 Å². The summed E-state index contributed by atoms with van der Waals surface area (Å²) in [5.41, 5.74) is 0. The topological polar surface area (TPSA) is 69.7 Å². The van der Waals surface area contributed by atoms with Crippen LogP contribution in [0, 0.1) is 0 Å². The van der Waals surface area contributed by atoms with Gasteiger partial charge >= 0.3 is 0 Å². The Morgan fingerprint density at radius 2 is 1.90 bits per heavy atom. The number of sulfonamides is 1. The van der Waals surface area contributed by atoms with Gasteiger partial charge in [0.25, 0.3) is 5.92 Å². The predicted molar refractivity (Wildman–Crippen MR) is 76.2 cm³/mol. The van der Waals surface area contributed by atoms with Crippen molar-refractivity contribution in [1.82, 2.24) is 14.5 Å². The van der Waals surface area contributed by atoms with E-state index in [9.17, 15) is 22.0 Å². The highest BCUT2D eigenvalue weighted by Crippen LogP contribution is 2.26. The molecule has 1 N–H and O–H groups in total. The molecule has 124 valence electrons. The monoisotopic (exact) mass is 347 g/mol. The Bertz CT molecular complexity index is 489. The van der Waals surface area contributed by atoms with E-state index in [4.69, 9.17) is 0 Å². The zero-order valence-corrected chi connectivity index (χ0v) is 13.4. The maximum absolute atomic E-state index is 13.1. The smallest absolute Gasteiger partial charge is 0.262 e. The summed E-state index contributed by atoms with van der Waals surface area (Å²) in [6.45, 7) is 0.738. The predicted octanol–water partition coefficient (Wildman–Crippen LogP) is -0.101. The van der Waals surface area contributed by atoms with Crippen LogP contribution in [0.1, 0.15) is 12.8 Å². The minimum atomic E-state index is -3.28. The Morgan fingerprint density at radius 1 is 1.24 bits per heavy atom. The van der Waals surface area contributed by atoms with Gasteiger partial charge in [0.1, 0.15) is 0 Å². The Kier molecular flexibility index (Phi) is 5.93. The fraction of sp³-hybridized carbons (Fsp3) is 0.909. The molecule has 0 aromatic heterocycles. The molecule has 0 aromatic carbocycles. The van der Waals surface area contributed by atoms with Crippen LogP contribution in [-0.4, -0.2) is 74.5 Å². The molecule has 6 nitrogen and oxygen atoms in total. The standard InChI is InChI=1S/C11H19F2N3O3S.ClH/c1-20(18,19)16-4-2-3-15(5-6-16)10(17)9-7-11(12,13)8-14-9;/h9,14H,2-8H2,1H3;1H.